The highest BCUT2D eigenvalue weighted by Crippen LogP contribution is 2.12. The van der Waals surface area contributed by atoms with E-state index in [9.17, 15) is 14.4 Å². The molecule has 0 radical (unpaired) electrons. The van der Waals surface area contributed by atoms with Gasteiger partial charge in [0.2, 0.25) is 0 Å². The van der Waals surface area contributed by atoms with Gasteiger partial charge in [0.05, 0.1) is 7.11 Å². The number of halogens is 1. The molecule has 8 heteroatoms. The van der Waals surface area contributed by atoms with E-state index in [1.165, 1.54) is 25.4 Å². The standard InChI is InChI=1S/C15H19ClN2O5/c1-15(2,3)23-13(20)9-18(8-12(19)22-4)14(21)10-5-6-17-11(16)7-10/h5-7H,8-9H2,1-4H3. The molecule has 1 aromatic heterocycles. The van der Waals surface area contributed by atoms with Crippen LogP contribution in [0.4, 0.5) is 0 Å². The van der Waals surface area contributed by atoms with E-state index in [0.29, 0.717) is 0 Å². The summed E-state index contributed by atoms with van der Waals surface area (Å²) in [5.41, 5.74) is -0.491. The van der Waals surface area contributed by atoms with Gasteiger partial charge in [-0.05, 0) is 32.9 Å². The minimum atomic E-state index is -0.697. The molecule has 0 aromatic carbocycles. The fraction of sp³-hybridized carbons (Fsp3) is 0.467. The van der Waals surface area contributed by atoms with E-state index >= 15 is 0 Å². The first-order chi connectivity index (χ1) is 10.6. The monoisotopic (exact) mass is 342 g/mol. The van der Waals surface area contributed by atoms with Crippen molar-refractivity contribution < 1.29 is 23.9 Å². The molecule has 0 saturated carbocycles. The Bertz CT molecular complexity index is 598. The highest BCUT2D eigenvalue weighted by Gasteiger charge is 2.25. The number of amides is 1. The summed E-state index contributed by atoms with van der Waals surface area (Å²) in [5.74, 6) is -1.83. The van der Waals surface area contributed by atoms with Gasteiger partial charge < -0.3 is 14.4 Å². The lowest BCUT2D eigenvalue weighted by Crippen LogP contribution is -2.41. The molecule has 0 bridgehead atoms. The van der Waals surface area contributed by atoms with Crippen LogP contribution in [-0.4, -0.2) is 53.5 Å². The minimum absolute atomic E-state index is 0.131. The summed E-state index contributed by atoms with van der Waals surface area (Å²) in [5, 5.41) is 0.131. The number of esters is 2. The molecule has 1 amide bonds. The smallest absolute Gasteiger partial charge is 0.326 e. The van der Waals surface area contributed by atoms with E-state index in [2.05, 4.69) is 9.72 Å². The molecule has 126 valence electrons. The van der Waals surface area contributed by atoms with Crippen LogP contribution in [0.2, 0.25) is 5.15 Å². The highest BCUT2D eigenvalue weighted by molar-refractivity contribution is 6.29. The van der Waals surface area contributed by atoms with Crippen molar-refractivity contribution in [1.29, 1.82) is 0 Å². The zero-order valence-corrected chi connectivity index (χ0v) is 14.2. The van der Waals surface area contributed by atoms with Crippen molar-refractivity contribution in [2.75, 3.05) is 20.2 Å². The maximum atomic E-state index is 12.5. The molecule has 0 spiro atoms. The van der Waals surface area contributed by atoms with E-state index < -0.39 is 23.4 Å². The van der Waals surface area contributed by atoms with Gasteiger partial charge in [-0.3, -0.25) is 14.4 Å². The number of nitrogens with zero attached hydrogens (tertiary/aromatic N) is 2. The number of carbonyl (C=O) groups excluding carboxylic acids is 3. The summed E-state index contributed by atoms with van der Waals surface area (Å²) in [4.78, 5) is 40.7. The summed E-state index contributed by atoms with van der Waals surface area (Å²) in [7, 11) is 1.20. The van der Waals surface area contributed by atoms with Crippen molar-refractivity contribution in [3.05, 3.63) is 29.0 Å². The molecule has 0 fully saturated rings. The van der Waals surface area contributed by atoms with Gasteiger partial charge in [-0.25, -0.2) is 4.98 Å². The number of pyridine rings is 1. The van der Waals surface area contributed by atoms with Crippen LogP contribution >= 0.6 is 11.6 Å². The predicted molar refractivity (Wildman–Crippen MR) is 83.0 cm³/mol. The fourth-order valence-corrected chi connectivity index (χ4v) is 1.84. The van der Waals surface area contributed by atoms with Gasteiger partial charge in [-0.2, -0.15) is 0 Å². The SMILES string of the molecule is COC(=O)CN(CC(=O)OC(C)(C)C)C(=O)c1ccnc(Cl)c1. The number of ether oxygens (including phenoxy) is 2. The van der Waals surface area contributed by atoms with Crippen molar-refractivity contribution in [3.63, 3.8) is 0 Å². The molecule has 0 unspecified atom stereocenters. The van der Waals surface area contributed by atoms with E-state index in [1.807, 2.05) is 0 Å². The number of hydrogen-bond acceptors (Lipinski definition) is 6. The highest BCUT2D eigenvalue weighted by atomic mass is 35.5. The Kier molecular flexibility index (Phi) is 6.50. The van der Waals surface area contributed by atoms with E-state index in [0.717, 1.165) is 4.90 Å². The Morgan fingerprint density at radius 1 is 1.22 bits per heavy atom. The van der Waals surface area contributed by atoms with Gasteiger partial charge in [0.1, 0.15) is 23.8 Å². The van der Waals surface area contributed by atoms with Gasteiger partial charge in [-0.1, -0.05) is 11.6 Å². The number of aromatic nitrogens is 1. The van der Waals surface area contributed by atoms with Crippen molar-refractivity contribution in [2.24, 2.45) is 0 Å². The zero-order valence-electron chi connectivity index (χ0n) is 13.5. The molecule has 0 N–H and O–H groups in total. The summed E-state index contributed by atoms with van der Waals surface area (Å²) < 4.78 is 9.72. The molecular weight excluding hydrogens is 324 g/mol. The molecule has 1 aromatic rings. The Morgan fingerprint density at radius 2 is 1.83 bits per heavy atom. The maximum absolute atomic E-state index is 12.5. The Morgan fingerprint density at radius 3 is 2.35 bits per heavy atom. The van der Waals surface area contributed by atoms with Crippen LogP contribution in [-0.2, 0) is 19.1 Å². The van der Waals surface area contributed by atoms with Crippen molar-refractivity contribution >= 4 is 29.4 Å². The second kappa shape index (κ2) is 7.92. The number of hydrogen-bond donors (Lipinski definition) is 0. The van der Waals surface area contributed by atoms with Gasteiger partial charge >= 0.3 is 11.9 Å². The lowest BCUT2D eigenvalue weighted by atomic mass is 10.2. The molecule has 1 rings (SSSR count). The molecule has 0 atom stereocenters. The molecular formula is C15H19ClN2O5. The largest absolute Gasteiger partial charge is 0.468 e. The third kappa shape index (κ3) is 6.65. The number of methoxy groups -OCH3 is 1. The maximum Gasteiger partial charge on any atom is 0.326 e. The lowest BCUT2D eigenvalue weighted by molar-refractivity contribution is -0.156. The molecule has 0 aliphatic rings. The van der Waals surface area contributed by atoms with Gasteiger partial charge in [0.25, 0.3) is 5.91 Å². The van der Waals surface area contributed by atoms with Gasteiger partial charge in [-0.15, -0.1) is 0 Å². The van der Waals surface area contributed by atoms with Crippen LogP contribution in [0.1, 0.15) is 31.1 Å². The van der Waals surface area contributed by atoms with E-state index in [4.69, 9.17) is 16.3 Å². The molecule has 0 aliphatic carbocycles. The predicted octanol–water partition coefficient (Wildman–Crippen LogP) is 1.69. The Labute approximate surface area is 139 Å². The molecule has 23 heavy (non-hydrogen) atoms. The summed E-state index contributed by atoms with van der Waals surface area (Å²) >= 11 is 5.75. The third-order valence-electron chi connectivity index (χ3n) is 2.55. The van der Waals surface area contributed by atoms with Crippen molar-refractivity contribution in [1.82, 2.24) is 9.88 Å². The normalized spacial score (nSPS) is 10.8. The van der Waals surface area contributed by atoms with Crippen LogP contribution in [0.25, 0.3) is 0 Å². The topological polar surface area (TPSA) is 85.8 Å². The van der Waals surface area contributed by atoms with Crippen LogP contribution in [0, 0.1) is 0 Å². The van der Waals surface area contributed by atoms with E-state index in [1.54, 1.807) is 20.8 Å². The summed E-state index contributed by atoms with van der Waals surface area (Å²) in [6.07, 6.45) is 1.36. The van der Waals surface area contributed by atoms with E-state index in [-0.39, 0.29) is 23.8 Å². The second-order valence-corrected chi connectivity index (χ2v) is 6.08. The molecule has 0 saturated heterocycles. The van der Waals surface area contributed by atoms with Gasteiger partial charge in [0.15, 0.2) is 0 Å². The van der Waals surface area contributed by atoms with Crippen LogP contribution in [0.5, 0.6) is 0 Å². The zero-order chi connectivity index (χ0) is 17.6. The second-order valence-electron chi connectivity index (χ2n) is 5.69. The Balaban J connectivity index is 2.93. The number of carbonyl (C=O) groups is 3. The lowest BCUT2D eigenvalue weighted by Gasteiger charge is -2.24. The summed E-state index contributed by atoms with van der Waals surface area (Å²) in [6.45, 7) is 4.36. The van der Waals surface area contributed by atoms with Crippen LogP contribution in [0.15, 0.2) is 18.3 Å². The average Bonchev–Trinajstić information content (AvgIpc) is 2.43. The fourth-order valence-electron chi connectivity index (χ4n) is 1.67. The number of rotatable bonds is 5. The van der Waals surface area contributed by atoms with Crippen molar-refractivity contribution in [2.45, 2.75) is 26.4 Å². The minimum Gasteiger partial charge on any atom is -0.468 e. The quantitative estimate of drug-likeness (QED) is 0.598. The molecule has 1 heterocycles. The Hall–Kier alpha value is -2.15. The summed E-state index contributed by atoms with van der Waals surface area (Å²) in [6, 6.07) is 2.79. The first-order valence-corrected chi connectivity index (χ1v) is 7.19. The van der Waals surface area contributed by atoms with Crippen LogP contribution < -0.4 is 0 Å². The first-order valence-electron chi connectivity index (χ1n) is 6.82. The average molecular weight is 343 g/mol. The third-order valence-corrected chi connectivity index (χ3v) is 2.76. The van der Waals surface area contributed by atoms with Crippen LogP contribution in [0.3, 0.4) is 0 Å². The van der Waals surface area contributed by atoms with Gasteiger partial charge in [0, 0.05) is 11.8 Å². The molecule has 7 nitrogen and oxygen atoms in total. The first kappa shape index (κ1) is 18.9. The van der Waals surface area contributed by atoms with Crippen molar-refractivity contribution in [3.8, 4) is 0 Å². The molecule has 0 aliphatic heterocycles.